The van der Waals surface area contributed by atoms with Gasteiger partial charge < -0.3 is 23.9 Å². The molecule has 1 aliphatic carbocycles. The van der Waals surface area contributed by atoms with Crippen LogP contribution < -0.4 is 9.47 Å². The molecule has 9 nitrogen and oxygen atoms in total. The van der Waals surface area contributed by atoms with Crippen LogP contribution in [0.15, 0.2) is 18.2 Å². The number of methoxy groups -OCH3 is 1. The van der Waals surface area contributed by atoms with Gasteiger partial charge in [-0.3, -0.25) is 9.59 Å². The van der Waals surface area contributed by atoms with Gasteiger partial charge in [0.15, 0.2) is 5.69 Å². The summed E-state index contributed by atoms with van der Waals surface area (Å²) in [4.78, 5) is 50.1. The first-order valence-corrected chi connectivity index (χ1v) is 15.6. The molecule has 240 valence electrons. The molecule has 5 rings (SSSR count). The fourth-order valence-electron chi connectivity index (χ4n) is 6.80. The molecule has 6 atom stereocenters. The van der Waals surface area contributed by atoms with E-state index in [0.717, 1.165) is 0 Å². The number of hydrogen-bond acceptors (Lipinski definition) is 8. The average molecular weight is 616 g/mol. The van der Waals surface area contributed by atoms with Crippen LogP contribution in [0.2, 0.25) is 0 Å². The highest BCUT2D eigenvalue weighted by atomic mass is 19.3. The molecule has 1 aromatic heterocycles. The number of rotatable bonds is 3. The summed E-state index contributed by atoms with van der Waals surface area (Å²) in [6.45, 7) is 9.33. The van der Waals surface area contributed by atoms with Crippen LogP contribution in [-0.2, 0) is 25.0 Å². The molecule has 0 unspecified atom stereocenters. The molecular formula is C33H43F2N3O6. The number of aldehydes is 1. The monoisotopic (exact) mass is 615 g/mol. The number of halogens is 2. The lowest BCUT2D eigenvalue weighted by Crippen LogP contribution is -2.46. The summed E-state index contributed by atoms with van der Waals surface area (Å²) in [5.41, 5.74) is -1.24. The minimum Gasteiger partial charge on any atom is -0.497 e. The van der Waals surface area contributed by atoms with Crippen molar-refractivity contribution in [2.75, 3.05) is 13.7 Å². The molecule has 2 aliphatic heterocycles. The van der Waals surface area contributed by atoms with Gasteiger partial charge >= 0.3 is 5.97 Å². The Morgan fingerprint density at radius 2 is 1.91 bits per heavy atom. The van der Waals surface area contributed by atoms with Crippen molar-refractivity contribution in [1.29, 1.82) is 0 Å². The van der Waals surface area contributed by atoms with Gasteiger partial charge in [-0.25, -0.2) is 9.97 Å². The topological polar surface area (TPSA) is 108 Å². The minimum absolute atomic E-state index is 0.0228. The van der Waals surface area contributed by atoms with E-state index in [4.69, 9.17) is 14.2 Å². The van der Waals surface area contributed by atoms with Crippen molar-refractivity contribution in [3.05, 3.63) is 23.9 Å². The maximum absolute atomic E-state index is 15.9. The van der Waals surface area contributed by atoms with Crippen molar-refractivity contribution in [2.45, 2.75) is 103 Å². The molecule has 2 bridgehead atoms. The molecule has 11 heteroatoms. The lowest BCUT2D eigenvalue weighted by Gasteiger charge is -2.34. The zero-order valence-corrected chi connectivity index (χ0v) is 26.4. The number of carbonyl (C=O) groups is 3. The van der Waals surface area contributed by atoms with Gasteiger partial charge in [0.25, 0.3) is 5.92 Å². The van der Waals surface area contributed by atoms with E-state index in [9.17, 15) is 14.4 Å². The second-order valence-corrected chi connectivity index (χ2v) is 13.8. The van der Waals surface area contributed by atoms with E-state index in [-0.39, 0.29) is 42.6 Å². The minimum atomic E-state index is -3.35. The van der Waals surface area contributed by atoms with Gasteiger partial charge in [-0.05, 0) is 50.2 Å². The highest BCUT2D eigenvalue weighted by Gasteiger charge is 2.54. The first kappa shape index (κ1) is 32.0. The maximum atomic E-state index is 15.9. The Morgan fingerprint density at radius 3 is 2.57 bits per heavy atom. The second kappa shape index (κ2) is 11.9. The van der Waals surface area contributed by atoms with Crippen LogP contribution >= 0.6 is 0 Å². The van der Waals surface area contributed by atoms with Crippen LogP contribution in [-0.4, -0.2) is 64.4 Å². The van der Waals surface area contributed by atoms with E-state index in [1.165, 1.54) is 12.0 Å². The van der Waals surface area contributed by atoms with Crippen molar-refractivity contribution >= 4 is 29.2 Å². The van der Waals surface area contributed by atoms with E-state index in [2.05, 4.69) is 9.97 Å². The largest absolute Gasteiger partial charge is 0.497 e. The Balaban J connectivity index is 1.58. The van der Waals surface area contributed by atoms with Crippen LogP contribution in [0.4, 0.5) is 8.78 Å². The summed E-state index contributed by atoms with van der Waals surface area (Å²) in [7, 11) is 1.50. The third-order valence-electron chi connectivity index (χ3n) is 9.71. The second-order valence-electron chi connectivity index (χ2n) is 13.8. The van der Waals surface area contributed by atoms with Crippen LogP contribution in [0.1, 0.15) is 85.3 Å². The molecule has 0 N–H and O–H groups in total. The molecule has 2 fully saturated rings. The highest BCUT2D eigenvalue weighted by molar-refractivity contribution is 5.87. The Hall–Kier alpha value is -3.37. The van der Waals surface area contributed by atoms with Gasteiger partial charge in [-0.1, -0.05) is 34.1 Å². The first-order chi connectivity index (χ1) is 20.7. The fourth-order valence-corrected chi connectivity index (χ4v) is 6.80. The molecule has 1 saturated heterocycles. The van der Waals surface area contributed by atoms with Gasteiger partial charge in [0.1, 0.15) is 23.7 Å². The highest BCUT2D eigenvalue weighted by Crippen LogP contribution is 2.51. The SMILES string of the molecule is CC[C@@H]1[C@@H]2CN(C(=O)[C@H](C(C)(C)C)CC(=O)O[C@]3(C)C[C@H]3CCCCC(F)(F)c3nc4ccc(OC)cc4nc3O2)[C@@H]1C=O. The molecule has 0 spiro atoms. The number of amides is 1. The lowest BCUT2D eigenvalue weighted by molar-refractivity contribution is -0.158. The smallest absolute Gasteiger partial charge is 0.307 e. The fraction of sp³-hybridized carbons (Fsp3) is 0.667. The van der Waals surface area contributed by atoms with E-state index in [1.807, 2.05) is 34.6 Å². The zero-order valence-electron chi connectivity index (χ0n) is 26.4. The number of hydrogen-bond donors (Lipinski definition) is 0. The van der Waals surface area contributed by atoms with E-state index < -0.39 is 59.0 Å². The Labute approximate surface area is 257 Å². The molecule has 0 radical (unpaired) electrons. The third kappa shape index (κ3) is 6.24. The van der Waals surface area contributed by atoms with E-state index >= 15 is 8.78 Å². The lowest BCUT2D eigenvalue weighted by atomic mass is 9.77. The first-order valence-electron chi connectivity index (χ1n) is 15.6. The summed E-state index contributed by atoms with van der Waals surface area (Å²) in [6, 6.07) is 3.96. The molecule has 1 saturated carbocycles. The number of ether oxygens (including phenoxy) is 3. The molecule has 2 aromatic rings. The summed E-state index contributed by atoms with van der Waals surface area (Å²) in [5.74, 6) is -5.19. The number of aromatic nitrogens is 2. The van der Waals surface area contributed by atoms with Crippen molar-refractivity contribution in [1.82, 2.24) is 14.9 Å². The number of benzene rings is 1. The number of fused-ring (bicyclic) bond motifs is 5. The number of carbonyl (C=O) groups excluding carboxylic acids is 3. The molecule has 1 amide bonds. The summed E-state index contributed by atoms with van der Waals surface area (Å²) in [5, 5.41) is 0. The zero-order chi connectivity index (χ0) is 32.0. The Bertz CT molecular complexity index is 1430. The molecular weight excluding hydrogens is 572 g/mol. The predicted molar refractivity (Wildman–Crippen MR) is 158 cm³/mol. The van der Waals surface area contributed by atoms with Gasteiger partial charge in [0.05, 0.1) is 43.1 Å². The predicted octanol–water partition coefficient (Wildman–Crippen LogP) is 5.86. The summed E-state index contributed by atoms with van der Waals surface area (Å²) < 4.78 is 49.3. The molecule has 44 heavy (non-hydrogen) atoms. The van der Waals surface area contributed by atoms with Gasteiger partial charge in [-0.15, -0.1) is 0 Å². The van der Waals surface area contributed by atoms with Crippen LogP contribution in [0.25, 0.3) is 11.0 Å². The van der Waals surface area contributed by atoms with Crippen LogP contribution in [0, 0.1) is 23.2 Å². The third-order valence-corrected chi connectivity index (χ3v) is 9.71. The normalized spacial score (nSPS) is 31.2. The van der Waals surface area contributed by atoms with Crippen molar-refractivity contribution in [3.8, 4) is 11.6 Å². The average Bonchev–Trinajstić information content (AvgIpc) is 3.45. The van der Waals surface area contributed by atoms with Crippen LogP contribution in [0.5, 0.6) is 11.6 Å². The number of alkyl halides is 2. The van der Waals surface area contributed by atoms with Crippen molar-refractivity contribution < 1.29 is 37.4 Å². The molecule has 3 heterocycles. The summed E-state index contributed by atoms with van der Waals surface area (Å²) >= 11 is 0. The van der Waals surface area contributed by atoms with Crippen LogP contribution in [0.3, 0.4) is 0 Å². The van der Waals surface area contributed by atoms with Gasteiger partial charge in [0.2, 0.25) is 11.8 Å². The quantitative estimate of drug-likeness (QED) is 0.312. The standard InChI is InChI=1S/C33H43F2N3O6/c1-7-21-25(18-39)38-17-26(21)43-29-28(36-23-12-11-20(42-6)14-24(23)37-29)33(34,35)13-9-8-10-19-16-32(19,5)44-27(40)15-22(30(38)41)31(2,3)4/h11-12,14,18-19,21-22,25-26H,7-10,13,15-17H2,1-6H3/t19-,21+,22-,25-,26+,32-/m1/s1. The van der Waals surface area contributed by atoms with Crippen molar-refractivity contribution in [2.24, 2.45) is 23.2 Å². The number of esters is 1. The Morgan fingerprint density at radius 1 is 1.16 bits per heavy atom. The van der Waals surface area contributed by atoms with Gasteiger partial charge in [-0.2, -0.15) is 8.78 Å². The Kier molecular flexibility index (Phi) is 8.63. The summed E-state index contributed by atoms with van der Waals surface area (Å²) in [6.07, 6.45) is 1.83. The van der Waals surface area contributed by atoms with Gasteiger partial charge in [0, 0.05) is 24.3 Å². The number of nitrogens with zero attached hydrogens (tertiary/aromatic N) is 3. The molecule has 3 aliphatic rings. The van der Waals surface area contributed by atoms with Crippen molar-refractivity contribution in [3.63, 3.8) is 0 Å². The maximum Gasteiger partial charge on any atom is 0.307 e. The van der Waals surface area contributed by atoms with E-state index in [0.29, 0.717) is 43.2 Å². The molecule has 1 aromatic carbocycles. The van der Waals surface area contributed by atoms with E-state index in [1.54, 1.807) is 18.2 Å².